The summed E-state index contributed by atoms with van der Waals surface area (Å²) in [5, 5.41) is 1.16. The molecule has 1 fully saturated rings. The maximum Gasteiger partial charge on any atom is 0.0313 e. The summed E-state index contributed by atoms with van der Waals surface area (Å²) in [6, 6.07) is 2.24. The summed E-state index contributed by atoms with van der Waals surface area (Å²) in [5.41, 5.74) is 2.60. The Bertz CT molecular complexity index is 332. The molecule has 2 nitrogen and oxygen atoms in total. The molecule has 1 aromatic heterocycles. The monoisotopic (exact) mass is 282 g/mol. The SMILES string of the molecule is Cc1cncc(CN2CCC(CBr)CC2)c1. The lowest BCUT2D eigenvalue weighted by molar-refractivity contribution is 0.187. The van der Waals surface area contributed by atoms with Gasteiger partial charge in [0.2, 0.25) is 0 Å². The number of rotatable bonds is 3. The van der Waals surface area contributed by atoms with Crippen LogP contribution in [0.15, 0.2) is 18.5 Å². The van der Waals surface area contributed by atoms with Gasteiger partial charge >= 0.3 is 0 Å². The standard InChI is InChI=1S/C13H19BrN2/c1-11-6-13(9-15-8-11)10-16-4-2-12(7-14)3-5-16/h6,8-9,12H,2-5,7,10H2,1H3. The quantitative estimate of drug-likeness (QED) is 0.793. The number of hydrogen-bond donors (Lipinski definition) is 0. The largest absolute Gasteiger partial charge is 0.299 e. The molecule has 0 unspecified atom stereocenters. The number of piperidine rings is 1. The first-order chi connectivity index (χ1) is 7.78. The van der Waals surface area contributed by atoms with Crippen molar-refractivity contribution in [2.45, 2.75) is 26.3 Å². The molecule has 1 aliphatic heterocycles. The average Bonchev–Trinajstić information content (AvgIpc) is 2.30. The first-order valence-electron chi connectivity index (χ1n) is 5.97. The van der Waals surface area contributed by atoms with Gasteiger partial charge in [-0.3, -0.25) is 9.88 Å². The maximum atomic E-state index is 4.25. The van der Waals surface area contributed by atoms with Crippen LogP contribution in [0.1, 0.15) is 24.0 Å². The number of nitrogens with zero attached hydrogens (tertiary/aromatic N) is 2. The lowest BCUT2D eigenvalue weighted by atomic mass is 9.99. The van der Waals surface area contributed by atoms with Crippen molar-refractivity contribution in [1.29, 1.82) is 0 Å². The minimum atomic E-state index is 0.881. The summed E-state index contributed by atoms with van der Waals surface area (Å²) < 4.78 is 0. The molecule has 1 saturated heterocycles. The van der Waals surface area contributed by atoms with Crippen molar-refractivity contribution in [3.8, 4) is 0 Å². The van der Waals surface area contributed by atoms with Gasteiger partial charge in [0.05, 0.1) is 0 Å². The van der Waals surface area contributed by atoms with E-state index in [9.17, 15) is 0 Å². The molecule has 2 heterocycles. The van der Waals surface area contributed by atoms with Gasteiger partial charge in [0.25, 0.3) is 0 Å². The van der Waals surface area contributed by atoms with Crippen LogP contribution in [0.4, 0.5) is 0 Å². The van der Waals surface area contributed by atoms with Crippen LogP contribution in [-0.4, -0.2) is 28.3 Å². The summed E-state index contributed by atoms with van der Waals surface area (Å²) in [6.07, 6.45) is 6.55. The second-order valence-electron chi connectivity index (χ2n) is 4.74. The van der Waals surface area contributed by atoms with Crippen molar-refractivity contribution >= 4 is 15.9 Å². The predicted octanol–water partition coefficient (Wildman–Crippen LogP) is 3.00. The van der Waals surface area contributed by atoms with E-state index in [0.29, 0.717) is 0 Å². The normalized spacial score (nSPS) is 18.9. The highest BCUT2D eigenvalue weighted by atomic mass is 79.9. The van der Waals surface area contributed by atoms with Crippen molar-refractivity contribution in [3.05, 3.63) is 29.6 Å². The second-order valence-corrected chi connectivity index (χ2v) is 5.39. The van der Waals surface area contributed by atoms with Crippen LogP contribution in [0.5, 0.6) is 0 Å². The molecule has 0 bridgehead atoms. The summed E-state index contributed by atoms with van der Waals surface area (Å²) >= 11 is 3.58. The van der Waals surface area contributed by atoms with E-state index in [0.717, 1.165) is 17.8 Å². The molecule has 0 aromatic carbocycles. The highest BCUT2D eigenvalue weighted by Crippen LogP contribution is 2.20. The summed E-state index contributed by atoms with van der Waals surface area (Å²) in [5.74, 6) is 0.881. The van der Waals surface area contributed by atoms with Crippen molar-refractivity contribution in [1.82, 2.24) is 9.88 Å². The van der Waals surface area contributed by atoms with Crippen LogP contribution < -0.4 is 0 Å². The molecule has 0 spiro atoms. The number of aryl methyl sites for hydroxylation is 1. The third kappa shape index (κ3) is 3.29. The van der Waals surface area contributed by atoms with E-state index < -0.39 is 0 Å². The molecule has 88 valence electrons. The van der Waals surface area contributed by atoms with Gasteiger partial charge in [-0.2, -0.15) is 0 Å². The van der Waals surface area contributed by atoms with E-state index in [1.165, 1.54) is 37.1 Å². The smallest absolute Gasteiger partial charge is 0.0313 e. The van der Waals surface area contributed by atoms with E-state index in [2.05, 4.69) is 38.8 Å². The second kappa shape index (κ2) is 5.78. The fraction of sp³-hybridized carbons (Fsp3) is 0.615. The lowest BCUT2D eigenvalue weighted by Gasteiger charge is -2.31. The lowest BCUT2D eigenvalue weighted by Crippen LogP contribution is -2.33. The first kappa shape index (κ1) is 12.1. The van der Waals surface area contributed by atoms with Crippen molar-refractivity contribution in [3.63, 3.8) is 0 Å². The van der Waals surface area contributed by atoms with Crippen LogP contribution >= 0.6 is 15.9 Å². The van der Waals surface area contributed by atoms with E-state index in [4.69, 9.17) is 0 Å². The fourth-order valence-corrected chi connectivity index (χ4v) is 2.91. The van der Waals surface area contributed by atoms with Gasteiger partial charge in [0.15, 0.2) is 0 Å². The molecule has 0 radical (unpaired) electrons. The molecule has 1 aromatic rings. The Morgan fingerprint density at radius 3 is 2.75 bits per heavy atom. The highest BCUT2D eigenvalue weighted by molar-refractivity contribution is 9.09. The Labute approximate surface area is 106 Å². The van der Waals surface area contributed by atoms with Gasteiger partial charge in [0, 0.05) is 24.3 Å². The molecular weight excluding hydrogens is 264 g/mol. The minimum Gasteiger partial charge on any atom is -0.299 e. The van der Waals surface area contributed by atoms with Gasteiger partial charge in [-0.1, -0.05) is 22.0 Å². The zero-order valence-corrected chi connectivity index (χ0v) is 11.4. The topological polar surface area (TPSA) is 16.1 Å². The molecule has 0 N–H and O–H groups in total. The van der Waals surface area contributed by atoms with E-state index >= 15 is 0 Å². The van der Waals surface area contributed by atoms with Crippen LogP contribution in [0.25, 0.3) is 0 Å². The van der Waals surface area contributed by atoms with Crippen molar-refractivity contribution in [2.24, 2.45) is 5.92 Å². The Morgan fingerprint density at radius 2 is 2.12 bits per heavy atom. The molecular formula is C13H19BrN2. The fourth-order valence-electron chi connectivity index (χ4n) is 2.26. The number of likely N-dealkylation sites (tertiary alicyclic amines) is 1. The molecule has 0 saturated carbocycles. The Hall–Kier alpha value is -0.410. The van der Waals surface area contributed by atoms with Crippen LogP contribution in [0, 0.1) is 12.8 Å². The van der Waals surface area contributed by atoms with Crippen molar-refractivity contribution < 1.29 is 0 Å². The average molecular weight is 283 g/mol. The van der Waals surface area contributed by atoms with Gasteiger partial charge in [-0.05, 0) is 49.9 Å². The first-order valence-corrected chi connectivity index (χ1v) is 7.09. The van der Waals surface area contributed by atoms with Crippen LogP contribution in [-0.2, 0) is 6.54 Å². The number of aromatic nitrogens is 1. The third-order valence-electron chi connectivity index (χ3n) is 3.26. The molecule has 2 rings (SSSR count). The Morgan fingerprint density at radius 1 is 1.38 bits per heavy atom. The number of hydrogen-bond acceptors (Lipinski definition) is 2. The summed E-state index contributed by atoms with van der Waals surface area (Å²) in [4.78, 5) is 6.78. The molecule has 0 atom stereocenters. The highest BCUT2D eigenvalue weighted by Gasteiger charge is 2.18. The molecule has 0 amide bonds. The Kier molecular flexibility index (Phi) is 4.36. The van der Waals surface area contributed by atoms with Gasteiger partial charge in [0.1, 0.15) is 0 Å². The zero-order chi connectivity index (χ0) is 11.4. The molecule has 1 aliphatic rings. The zero-order valence-electron chi connectivity index (χ0n) is 9.82. The molecule has 16 heavy (non-hydrogen) atoms. The Balaban J connectivity index is 1.87. The number of pyridine rings is 1. The van der Waals surface area contributed by atoms with E-state index in [-0.39, 0.29) is 0 Å². The third-order valence-corrected chi connectivity index (χ3v) is 4.18. The van der Waals surface area contributed by atoms with Crippen LogP contribution in [0.2, 0.25) is 0 Å². The molecule has 3 heteroatoms. The van der Waals surface area contributed by atoms with E-state index in [1.807, 2.05) is 12.4 Å². The van der Waals surface area contributed by atoms with Crippen molar-refractivity contribution in [2.75, 3.05) is 18.4 Å². The van der Waals surface area contributed by atoms with Gasteiger partial charge in [-0.15, -0.1) is 0 Å². The van der Waals surface area contributed by atoms with Gasteiger partial charge in [-0.25, -0.2) is 0 Å². The number of alkyl halides is 1. The minimum absolute atomic E-state index is 0.881. The van der Waals surface area contributed by atoms with Crippen LogP contribution in [0.3, 0.4) is 0 Å². The maximum absolute atomic E-state index is 4.25. The number of halogens is 1. The van der Waals surface area contributed by atoms with Gasteiger partial charge < -0.3 is 0 Å². The summed E-state index contributed by atoms with van der Waals surface area (Å²) in [7, 11) is 0. The predicted molar refractivity (Wildman–Crippen MR) is 70.8 cm³/mol. The van der Waals surface area contributed by atoms with E-state index in [1.54, 1.807) is 0 Å². The summed E-state index contributed by atoms with van der Waals surface area (Å²) in [6.45, 7) is 5.62. The molecule has 0 aliphatic carbocycles.